The highest BCUT2D eigenvalue weighted by Crippen LogP contribution is 2.04. The largest absolute Gasteiger partial charge is 0.304 e. The third kappa shape index (κ3) is 7.03. The van der Waals surface area contributed by atoms with Crippen molar-refractivity contribution in [2.75, 3.05) is 26.2 Å². The molecule has 0 aromatic heterocycles. The van der Waals surface area contributed by atoms with Crippen LogP contribution in [0.3, 0.4) is 0 Å². The Morgan fingerprint density at radius 1 is 1.05 bits per heavy atom. The maximum Gasteiger partial charge on any atom is 0.215 e. The van der Waals surface area contributed by atoms with Crippen molar-refractivity contribution >= 4 is 10.0 Å². The third-order valence-electron chi connectivity index (χ3n) is 3.32. The lowest BCUT2D eigenvalue weighted by Gasteiger charge is -2.17. The molecule has 0 aliphatic heterocycles. The molecule has 1 aromatic rings. The minimum atomic E-state index is -3.21. The Morgan fingerprint density at radius 2 is 1.70 bits per heavy atom. The van der Waals surface area contributed by atoms with Crippen LogP contribution in [0.5, 0.6) is 0 Å². The van der Waals surface area contributed by atoms with Crippen LogP contribution < -0.4 is 4.72 Å². The van der Waals surface area contributed by atoms with E-state index in [1.165, 1.54) is 0 Å². The van der Waals surface area contributed by atoms with Crippen LogP contribution in [0.15, 0.2) is 30.3 Å². The summed E-state index contributed by atoms with van der Waals surface area (Å²) in [6.07, 6.45) is 1.90. The molecule has 20 heavy (non-hydrogen) atoms. The Balaban J connectivity index is 2.24. The molecule has 1 aromatic carbocycles. The fourth-order valence-electron chi connectivity index (χ4n) is 2.07. The van der Waals surface area contributed by atoms with Gasteiger partial charge in [0.15, 0.2) is 0 Å². The highest BCUT2D eigenvalue weighted by molar-refractivity contribution is 7.88. The Labute approximate surface area is 123 Å². The minimum absolute atomic E-state index is 0.0594. The first-order valence-corrected chi connectivity index (χ1v) is 8.96. The molecule has 114 valence electrons. The monoisotopic (exact) mass is 298 g/mol. The number of nitrogens with one attached hydrogen (secondary N) is 1. The summed E-state index contributed by atoms with van der Waals surface area (Å²) in [5.41, 5.74) is 0.822. The van der Waals surface area contributed by atoms with E-state index in [1.807, 2.05) is 30.3 Å². The molecule has 1 N–H and O–H groups in total. The average molecular weight is 298 g/mol. The van der Waals surface area contributed by atoms with Gasteiger partial charge in [-0.1, -0.05) is 44.2 Å². The number of unbranched alkanes of at least 4 members (excludes halogenated alkanes) is 1. The molecule has 0 spiro atoms. The first-order chi connectivity index (χ1) is 9.57. The van der Waals surface area contributed by atoms with E-state index in [4.69, 9.17) is 0 Å². The van der Waals surface area contributed by atoms with E-state index in [-0.39, 0.29) is 5.75 Å². The second-order valence-electron chi connectivity index (χ2n) is 4.87. The highest BCUT2D eigenvalue weighted by Gasteiger charge is 2.10. The van der Waals surface area contributed by atoms with Gasteiger partial charge in [-0.05, 0) is 38.0 Å². The minimum Gasteiger partial charge on any atom is -0.304 e. The first kappa shape index (κ1) is 17.1. The highest BCUT2D eigenvalue weighted by atomic mass is 32.2. The van der Waals surface area contributed by atoms with Gasteiger partial charge in [-0.15, -0.1) is 0 Å². The summed E-state index contributed by atoms with van der Waals surface area (Å²) in [4.78, 5) is 2.35. The van der Waals surface area contributed by atoms with Gasteiger partial charge in [-0.25, -0.2) is 13.1 Å². The zero-order valence-corrected chi connectivity index (χ0v) is 13.3. The lowest BCUT2D eigenvalue weighted by molar-refractivity contribution is 0.297. The van der Waals surface area contributed by atoms with E-state index >= 15 is 0 Å². The molecule has 5 heteroatoms. The van der Waals surface area contributed by atoms with Crippen molar-refractivity contribution in [3.05, 3.63) is 35.9 Å². The Hall–Kier alpha value is -0.910. The Kier molecular flexibility index (Phi) is 7.80. The van der Waals surface area contributed by atoms with Crippen molar-refractivity contribution in [3.8, 4) is 0 Å². The zero-order chi connectivity index (χ0) is 14.8. The molecule has 0 bridgehead atoms. The lowest BCUT2D eigenvalue weighted by Crippen LogP contribution is -2.28. The molecule has 0 amide bonds. The van der Waals surface area contributed by atoms with E-state index in [9.17, 15) is 8.42 Å². The van der Waals surface area contributed by atoms with Gasteiger partial charge in [0.2, 0.25) is 10.0 Å². The van der Waals surface area contributed by atoms with Gasteiger partial charge in [0.05, 0.1) is 5.75 Å². The summed E-state index contributed by atoms with van der Waals surface area (Å²) in [6.45, 7) is 7.95. The van der Waals surface area contributed by atoms with E-state index in [2.05, 4.69) is 23.5 Å². The predicted molar refractivity (Wildman–Crippen MR) is 84.1 cm³/mol. The number of hydrogen-bond donors (Lipinski definition) is 1. The van der Waals surface area contributed by atoms with Crippen LogP contribution >= 0.6 is 0 Å². The third-order valence-corrected chi connectivity index (χ3v) is 4.67. The predicted octanol–water partition coefficient (Wildman–Crippen LogP) is 2.23. The number of rotatable bonds is 10. The van der Waals surface area contributed by atoms with Gasteiger partial charge < -0.3 is 4.90 Å². The smallest absolute Gasteiger partial charge is 0.215 e. The number of nitrogens with zero attached hydrogens (tertiary/aromatic N) is 1. The quantitative estimate of drug-likeness (QED) is 0.674. The molecule has 0 fully saturated rings. The molecule has 0 saturated carbocycles. The molecule has 4 nitrogen and oxygen atoms in total. The van der Waals surface area contributed by atoms with Crippen LogP contribution in [0.2, 0.25) is 0 Å². The normalized spacial score (nSPS) is 11.9. The van der Waals surface area contributed by atoms with Crippen molar-refractivity contribution < 1.29 is 8.42 Å². The molecule has 0 unspecified atom stereocenters. The van der Waals surface area contributed by atoms with Crippen LogP contribution in [0.25, 0.3) is 0 Å². The first-order valence-electron chi connectivity index (χ1n) is 7.31. The van der Waals surface area contributed by atoms with Crippen molar-refractivity contribution in [3.63, 3.8) is 0 Å². The summed E-state index contributed by atoms with van der Waals surface area (Å²) in [5, 5.41) is 0. The summed E-state index contributed by atoms with van der Waals surface area (Å²) in [5.74, 6) is 0.0594. The molecule has 1 rings (SSSR count). The van der Waals surface area contributed by atoms with Gasteiger partial charge in [0.1, 0.15) is 0 Å². The maximum absolute atomic E-state index is 11.9. The number of sulfonamides is 1. The molecule has 0 heterocycles. The second kappa shape index (κ2) is 9.10. The SMILES string of the molecule is CCN(CC)CCCCNS(=O)(=O)Cc1ccccc1. The zero-order valence-electron chi connectivity index (χ0n) is 12.5. The van der Waals surface area contributed by atoms with Crippen LogP contribution in [0.1, 0.15) is 32.3 Å². The average Bonchev–Trinajstić information content (AvgIpc) is 2.43. The van der Waals surface area contributed by atoms with E-state index in [1.54, 1.807) is 0 Å². The molecule has 0 saturated heterocycles. The summed E-state index contributed by atoms with van der Waals surface area (Å²) in [7, 11) is -3.21. The van der Waals surface area contributed by atoms with Crippen molar-refractivity contribution in [1.29, 1.82) is 0 Å². The van der Waals surface area contributed by atoms with Crippen LogP contribution in [0, 0.1) is 0 Å². The second-order valence-corrected chi connectivity index (χ2v) is 6.68. The van der Waals surface area contributed by atoms with Crippen LogP contribution in [-0.4, -0.2) is 39.5 Å². The molecular formula is C15H26N2O2S. The van der Waals surface area contributed by atoms with E-state index in [0.717, 1.165) is 38.0 Å². The topological polar surface area (TPSA) is 49.4 Å². The van der Waals surface area contributed by atoms with Crippen LogP contribution in [0.4, 0.5) is 0 Å². The van der Waals surface area contributed by atoms with Gasteiger partial charge in [0.25, 0.3) is 0 Å². The standard InChI is InChI=1S/C15H26N2O2S/c1-3-17(4-2)13-9-8-12-16-20(18,19)14-15-10-6-5-7-11-15/h5-7,10-11,16H,3-4,8-9,12-14H2,1-2H3. The molecular weight excluding hydrogens is 272 g/mol. The van der Waals surface area contributed by atoms with Crippen molar-refractivity contribution in [1.82, 2.24) is 9.62 Å². The molecule has 0 aliphatic carbocycles. The van der Waals surface area contributed by atoms with Crippen LogP contribution in [-0.2, 0) is 15.8 Å². The van der Waals surface area contributed by atoms with Gasteiger partial charge in [-0.3, -0.25) is 0 Å². The van der Waals surface area contributed by atoms with E-state index < -0.39 is 10.0 Å². The Morgan fingerprint density at radius 3 is 2.30 bits per heavy atom. The van der Waals surface area contributed by atoms with E-state index in [0.29, 0.717) is 6.54 Å². The number of hydrogen-bond acceptors (Lipinski definition) is 3. The fraction of sp³-hybridized carbons (Fsp3) is 0.600. The number of benzene rings is 1. The summed E-state index contributed by atoms with van der Waals surface area (Å²) in [6, 6.07) is 9.26. The lowest BCUT2D eigenvalue weighted by atomic mass is 10.2. The fourth-order valence-corrected chi connectivity index (χ4v) is 3.26. The summed E-state index contributed by atoms with van der Waals surface area (Å²) >= 11 is 0. The molecule has 0 atom stereocenters. The van der Waals surface area contributed by atoms with Gasteiger partial charge >= 0.3 is 0 Å². The summed E-state index contributed by atoms with van der Waals surface area (Å²) < 4.78 is 26.4. The Bertz CT molecular complexity index is 456. The van der Waals surface area contributed by atoms with Gasteiger partial charge in [0, 0.05) is 6.54 Å². The molecule has 0 aliphatic rings. The maximum atomic E-state index is 11.9. The van der Waals surface area contributed by atoms with Gasteiger partial charge in [-0.2, -0.15) is 0 Å². The van der Waals surface area contributed by atoms with Crippen molar-refractivity contribution in [2.45, 2.75) is 32.4 Å². The molecule has 0 radical (unpaired) electrons. The van der Waals surface area contributed by atoms with Crippen molar-refractivity contribution in [2.24, 2.45) is 0 Å².